The largest absolute Gasteiger partial charge is 0.466 e. The molecule has 0 aromatic rings. The fourth-order valence-electron chi connectivity index (χ4n) is 1.67. The van der Waals surface area contributed by atoms with Crippen molar-refractivity contribution in [1.82, 2.24) is 9.80 Å². The molecule has 108 valence electrons. The molecule has 7 nitrogen and oxygen atoms in total. The second-order valence-electron chi connectivity index (χ2n) is 4.43. The molecule has 0 aromatic heterocycles. The monoisotopic (exact) mass is 271 g/mol. The molecule has 1 amide bonds. The van der Waals surface area contributed by atoms with Crippen LogP contribution in [0.3, 0.4) is 0 Å². The van der Waals surface area contributed by atoms with Crippen molar-refractivity contribution >= 4 is 17.8 Å². The van der Waals surface area contributed by atoms with Gasteiger partial charge in [-0.3, -0.25) is 4.79 Å². The minimum atomic E-state index is -0.469. The van der Waals surface area contributed by atoms with E-state index in [2.05, 4.69) is 4.90 Å². The van der Waals surface area contributed by atoms with Crippen LogP contribution in [-0.4, -0.2) is 74.0 Å². The summed E-state index contributed by atoms with van der Waals surface area (Å²) in [6.07, 6.45) is -0.564. The average Bonchev–Trinajstić information content (AvgIpc) is 2.37. The summed E-state index contributed by atoms with van der Waals surface area (Å²) in [7, 11) is 2.00. The van der Waals surface area contributed by atoms with E-state index in [-0.39, 0.29) is 25.3 Å². The van der Waals surface area contributed by atoms with Crippen LogP contribution in [-0.2, 0) is 14.3 Å². The van der Waals surface area contributed by atoms with E-state index in [9.17, 15) is 9.59 Å². The molecule has 1 saturated heterocycles. The Bertz CT molecular complexity index is 338. The highest BCUT2D eigenvalue weighted by atomic mass is 16.6. The average molecular weight is 271 g/mol. The van der Waals surface area contributed by atoms with Crippen molar-refractivity contribution in [2.24, 2.45) is 0 Å². The first-order chi connectivity index (χ1) is 9.02. The Labute approximate surface area is 113 Å². The Balaban J connectivity index is 2.22. The molecule has 0 spiro atoms. The number of hydrogen-bond donors (Lipinski definition) is 1. The summed E-state index contributed by atoms with van der Waals surface area (Å²) in [5.41, 5.74) is 0.0425. The van der Waals surface area contributed by atoms with Crippen molar-refractivity contribution in [1.29, 1.82) is 5.41 Å². The highest BCUT2D eigenvalue weighted by Gasteiger charge is 2.20. The molecule has 0 radical (unpaired) electrons. The van der Waals surface area contributed by atoms with Crippen molar-refractivity contribution in [2.75, 3.05) is 46.4 Å². The van der Waals surface area contributed by atoms with Gasteiger partial charge in [0.25, 0.3) is 0 Å². The summed E-state index contributed by atoms with van der Waals surface area (Å²) in [4.78, 5) is 26.5. The molecule has 0 bridgehead atoms. The number of likely N-dealkylation sites (N-methyl/N-ethyl adjacent to an activating group) is 1. The van der Waals surface area contributed by atoms with Crippen LogP contribution in [0.25, 0.3) is 0 Å². The van der Waals surface area contributed by atoms with Crippen LogP contribution >= 0.6 is 0 Å². The van der Waals surface area contributed by atoms with Gasteiger partial charge in [0.05, 0.1) is 18.7 Å². The zero-order chi connectivity index (χ0) is 14.3. The minimum Gasteiger partial charge on any atom is -0.466 e. The summed E-state index contributed by atoms with van der Waals surface area (Å²) < 4.78 is 9.70. The minimum absolute atomic E-state index is 0.0425. The predicted octanol–water partition coefficient (Wildman–Crippen LogP) is 0.343. The third-order valence-electron chi connectivity index (χ3n) is 2.79. The molecule has 19 heavy (non-hydrogen) atoms. The van der Waals surface area contributed by atoms with Crippen LogP contribution < -0.4 is 0 Å². The highest BCUT2D eigenvalue weighted by Crippen LogP contribution is 2.02. The molecule has 0 aromatic carbocycles. The molecule has 1 N–H and O–H groups in total. The Hall–Kier alpha value is -1.63. The third-order valence-corrected chi connectivity index (χ3v) is 2.79. The predicted molar refractivity (Wildman–Crippen MR) is 69.4 cm³/mol. The van der Waals surface area contributed by atoms with E-state index in [1.807, 2.05) is 7.05 Å². The molecule has 1 aliphatic rings. The molecular weight excluding hydrogens is 250 g/mol. The maximum atomic E-state index is 11.7. The van der Waals surface area contributed by atoms with Gasteiger partial charge in [0.2, 0.25) is 0 Å². The van der Waals surface area contributed by atoms with Gasteiger partial charge in [-0.05, 0) is 14.0 Å². The maximum absolute atomic E-state index is 11.7. The molecule has 1 fully saturated rings. The molecule has 0 aliphatic carbocycles. The van der Waals surface area contributed by atoms with Gasteiger partial charge in [-0.1, -0.05) is 0 Å². The molecule has 1 aliphatic heterocycles. The van der Waals surface area contributed by atoms with Gasteiger partial charge in [0, 0.05) is 26.2 Å². The second-order valence-corrected chi connectivity index (χ2v) is 4.43. The number of ether oxygens (including phenoxy) is 2. The number of esters is 1. The Morgan fingerprint density at radius 1 is 1.16 bits per heavy atom. The highest BCUT2D eigenvalue weighted by molar-refractivity contribution is 5.98. The number of amides is 1. The lowest BCUT2D eigenvalue weighted by atomic mass is 10.3. The smallest absolute Gasteiger partial charge is 0.410 e. The van der Waals surface area contributed by atoms with Crippen molar-refractivity contribution in [2.45, 2.75) is 13.3 Å². The van der Waals surface area contributed by atoms with E-state index in [1.54, 1.807) is 11.8 Å². The number of carbonyl (C=O) groups is 2. The molecule has 0 atom stereocenters. The standard InChI is InChI=1S/C12H21N3O4/c1-3-18-11(16)8-10(13)9-19-12(17)15-6-4-14(2)5-7-15/h13H,3-9H2,1-2H3. The fourth-order valence-corrected chi connectivity index (χ4v) is 1.67. The van der Waals surface area contributed by atoms with Crippen LogP contribution in [0.4, 0.5) is 4.79 Å². The van der Waals surface area contributed by atoms with Crippen molar-refractivity contribution in [3.05, 3.63) is 0 Å². The van der Waals surface area contributed by atoms with Crippen LogP contribution in [0.15, 0.2) is 0 Å². The van der Waals surface area contributed by atoms with Gasteiger partial charge in [-0.25, -0.2) is 4.79 Å². The Morgan fingerprint density at radius 2 is 1.79 bits per heavy atom. The van der Waals surface area contributed by atoms with Crippen LogP contribution in [0, 0.1) is 5.41 Å². The normalized spacial score (nSPS) is 16.0. The quantitative estimate of drug-likeness (QED) is 0.576. The summed E-state index contributed by atoms with van der Waals surface area (Å²) in [5, 5.41) is 7.53. The molecular formula is C12H21N3O4. The van der Waals surface area contributed by atoms with Crippen LogP contribution in [0.1, 0.15) is 13.3 Å². The number of nitrogens with one attached hydrogen (secondary N) is 1. The Kier molecular flexibility index (Phi) is 6.27. The number of piperazine rings is 1. The van der Waals surface area contributed by atoms with E-state index in [0.717, 1.165) is 13.1 Å². The van der Waals surface area contributed by atoms with Gasteiger partial charge in [-0.15, -0.1) is 0 Å². The van der Waals surface area contributed by atoms with Gasteiger partial charge in [0.15, 0.2) is 0 Å². The molecule has 0 saturated carbocycles. The number of hydrogen-bond acceptors (Lipinski definition) is 6. The first-order valence-electron chi connectivity index (χ1n) is 6.35. The lowest BCUT2D eigenvalue weighted by Gasteiger charge is -2.31. The summed E-state index contributed by atoms with van der Waals surface area (Å²) >= 11 is 0. The third kappa shape index (κ3) is 5.69. The van der Waals surface area contributed by atoms with E-state index < -0.39 is 12.1 Å². The molecule has 1 heterocycles. The zero-order valence-corrected chi connectivity index (χ0v) is 11.5. The summed E-state index contributed by atoms with van der Waals surface area (Å²) in [5.74, 6) is -0.469. The first kappa shape index (κ1) is 15.4. The van der Waals surface area contributed by atoms with Gasteiger partial charge in [-0.2, -0.15) is 0 Å². The van der Waals surface area contributed by atoms with Crippen molar-refractivity contribution in [3.8, 4) is 0 Å². The fraction of sp³-hybridized carbons (Fsp3) is 0.750. The summed E-state index contributed by atoms with van der Waals surface area (Å²) in [6, 6.07) is 0. The summed E-state index contributed by atoms with van der Waals surface area (Å²) in [6.45, 7) is 4.71. The second kappa shape index (κ2) is 7.73. The van der Waals surface area contributed by atoms with Crippen LogP contribution in [0.5, 0.6) is 0 Å². The zero-order valence-electron chi connectivity index (χ0n) is 11.5. The lowest BCUT2D eigenvalue weighted by molar-refractivity contribution is -0.141. The number of carbonyl (C=O) groups excluding carboxylic acids is 2. The number of nitrogens with zero attached hydrogens (tertiary/aromatic N) is 2. The van der Waals surface area contributed by atoms with Crippen LogP contribution in [0.2, 0.25) is 0 Å². The first-order valence-corrected chi connectivity index (χ1v) is 6.35. The lowest BCUT2D eigenvalue weighted by Crippen LogP contribution is -2.47. The molecule has 0 unspecified atom stereocenters. The number of rotatable bonds is 5. The topological polar surface area (TPSA) is 82.9 Å². The molecule has 1 rings (SSSR count). The van der Waals surface area contributed by atoms with Gasteiger partial charge >= 0.3 is 12.1 Å². The van der Waals surface area contributed by atoms with Gasteiger partial charge < -0.3 is 24.7 Å². The SMILES string of the molecule is CCOC(=O)CC(=N)COC(=O)N1CCN(C)CC1. The maximum Gasteiger partial charge on any atom is 0.410 e. The Morgan fingerprint density at radius 3 is 2.37 bits per heavy atom. The van der Waals surface area contributed by atoms with E-state index in [1.165, 1.54) is 0 Å². The van der Waals surface area contributed by atoms with Crippen molar-refractivity contribution in [3.63, 3.8) is 0 Å². The van der Waals surface area contributed by atoms with Crippen molar-refractivity contribution < 1.29 is 19.1 Å². The van der Waals surface area contributed by atoms with E-state index in [4.69, 9.17) is 14.9 Å². The van der Waals surface area contributed by atoms with Gasteiger partial charge in [0.1, 0.15) is 6.61 Å². The molecule has 7 heteroatoms. The van der Waals surface area contributed by atoms with E-state index >= 15 is 0 Å². The van der Waals surface area contributed by atoms with E-state index in [0.29, 0.717) is 13.1 Å².